The van der Waals surface area contributed by atoms with Crippen LogP contribution in [0.1, 0.15) is 24.8 Å². The van der Waals surface area contributed by atoms with Crippen LogP contribution < -0.4 is 25.0 Å². The van der Waals surface area contributed by atoms with Gasteiger partial charge in [0.25, 0.3) is 0 Å². The maximum Gasteiger partial charge on any atom is 0.231 e. The van der Waals surface area contributed by atoms with Gasteiger partial charge in [0.2, 0.25) is 6.79 Å². The number of piperidine rings is 1. The first-order valence-electron chi connectivity index (χ1n) is 9.06. The van der Waals surface area contributed by atoms with Crippen molar-refractivity contribution < 1.29 is 9.47 Å². The maximum absolute atomic E-state index is 5.39. The molecule has 0 bridgehead atoms. The number of benzene rings is 2. The Morgan fingerprint density at radius 2 is 1.73 bits per heavy atom. The molecule has 4 rings (SSSR count). The minimum Gasteiger partial charge on any atom is -0.454 e. The molecule has 0 aliphatic carbocycles. The SMILES string of the molecule is S=C(NCc1ccc(N2CCCCC2)cc1)Nc1ccc2c(c1)OCO2. The Morgan fingerprint density at radius 1 is 0.962 bits per heavy atom. The fourth-order valence-electron chi connectivity index (χ4n) is 3.31. The summed E-state index contributed by atoms with van der Waals surface area (Å²) in [4.78, 5) is 2.46. The molecule has 0 aromatic heterocycles. The molecule has 2 N–H and O–H groups in total. The summed E-state index contributed by atoms with van der Waals surface area (Å²) in [5.41, 5.74) is 3.40. The molecule has 2 aromatic rings. The van der Waals surface area contributed by atoms with Crippen molar-refractivity contribution in [2.45, 2.75) is 25.8 Å². The zero-order valence-electron chi connectivity index (χ0n) is 14.7. The first-order chi connectivity index (χ1) is 12.8. The summed E-state index contributed by atoms with van der Waals surface area (Å²) >= 11 is 5.39. The Bertz CT molecular complexity index is 773. The minimum absolute atomic E-state index is 0.273. The average molecular weight is 369 g/mol. The summed E-state index contributed by atoms with van der Waals surface area (Å²) in [6, 6.07) is 14.4. The summed E-state index contributed by atoms with van der Waals surface area (Å²) in [5, 5.41) is 7.02. The second kappa shape index (κ2) is 7.83. The molecule has 5 nitrogen and oxygen atoms in total. The van der Waals surface area contributed by atoms with Crippen LogP contribution in [0, 0.1) is 0 Å². The molecule has 2 aliphatic rings. The van der Waals surface area contributed by atoms with Crippen molar-refractivity contribution in [3.05, 3.63) is 48.0 Å². The number of thiocarbonyl (C=S) groups is 1. The first-order valence-corrected chi connectivity index (χ1v) is 9.47. The highest BCUT2D eigenvalue weighted by Crippen LogP contribution is 2.34. The molecule has 0 unspecified atom stereocenters. The Labute approximate surface area is 159 Å². The Hall–Kier alpha value is -2.47. The first kappa shape index (κ1) is 17.0. The lowest BCUT2D eigenvalue weighted by molar-refractivity contribution is 0.174. The maximum atomic E-state index is 5.39. The van der Waals surface area contributed by atoms with Crippen LogP contribution in [0.25, 0.3) is 0 Å². The van der Waals surface area contributed by atoms with E-state index in [1.165, 1.54) is 43.6 Å². The van der Waals surface area contributed by atoms with E-state index in [4.69, 9.17) is 21.7 Å². The molecule has 0 saturated carbocycles. The van der Waals surface area contributed by atoms with Crippen molar-refractivity contribution >= 4 is 28.7 Å². The normalized spacial score (nSPS) is 15.6. The van der Waals surface area contributed by atoms with Gasteiger partial charge in [-0.05, 0) is 61.3 Å². The van der Waals surface area contributed by atoms with Gasteiger partial charge in [0.15, 0.2) is 16.6 Å². The van der Waals surface area contributed by atoms with E-state index < -0.39 is 0 Å². The number of nitrogens with one attached hydrogen (secondary N) is 2. The van der Waals surface area contributed by atoms with Gasteiger partial charge < -0.3 is 25.0 Å². The predicted molar refractivity (Wildman–Crippen MR) is 108 cm³/mol. The smallest absolute Gasteiger partial charge is 0.231 e. The van der Waals surface area contributed by atoms with Crippen molar-refractivity contribution in [3.8, 4) is 11.5 Å². The fraction of sp³-hybridized carbons (Fsp3) is 0.350. The second-order valence-corrected chi connectivity index (χ2v) is 7.00. The molecule has 2 heterocycles. The third kappa shape index (κ3) is 4.02. The minimum atomic E-state index is 0.273. The summed E-state index contributed by atoms with van der Waals surface area (Å²) in [7, 11) is 0. The van der Waals surface area contributed by atoms with Crippen LogP contribution in [0.15, 0.2) is 42.5 Å². The van der Waals surface area contributed by atoms with E-state index >= 15 is 0 Å². The van der Waals surface area contributed by atoms with Gasteiger partial charge in [0.1, 0.15) is 0 Å². The van der Waals surface area contributed by atoms with Gasteiger partial charge in [-0.15, -0.1) is 0 Å². The number of ether oxygens (including phenoxy) is 2. The van der Waals surface area contributed by atoms with Crippen LogP contribution in [0.5, 0.6) is 11.5 Å². The van der Waals surface area contributed by atoms with Crippen molar-refractivity contribution in [3.63, 3.8) is 0 Å². The van der Waals surface area contributed by atoms with Gasteiger partial charge >= 0.3 is 0 Å². The fourth-order valence-corrected chi connectivity index (χ4v) is 3.50. The van der Waals surface area contributed by atoms with Crippen LogP contribution in [-0.2, 0) is 6.54 Å². The highest BCUT2D eigenvalue weighted by molar-refractivity contribution is 7.80. The van der Waals surface area contributed by atoms with Gasteiger partial charge in [-0.2, -0.15) is 0 Å². The quantitative estimate of drug-likeness (QED) is 0.797. The lowest BCUT2D eigenvalue weighted by atomic mass is 10.1. The van der Waals surface area contributed by atoms with E-state index in [-0.39, 0.29) is 6.79 Å². The topological polar surface area (TPSA) is 45.8 Å². The van der Waals surface area contributed by atoms with E-state index in [9.17, 15) is 0 Å². The highest BCUT2D eigenvalue weighted by Gasteiger charge is 2.13. The van der Waals surface area contributed by atoms with Crippen molar-refractivity contribution in [2.75, 3.05) is 30.1 Å². The van der Waals surface area contributed by atoms with E-state index in [1.54, 1.807) is 0 Å². The molecule has 2 aromatic carbocycles. The summed E-state index contributed by atoms with van der Waals surface area (Å²) in [5.74, 6) is 1.51. The van der Waals surface area contributed by atoms with Crippen molar-refractivity contribution in [1.29, 1.82) is 0 Å². The summed E-state index contributed by atoms with van der Waals surface area (Å²) < 4.78 is 10.7. The summed E-state index contributed by atoms with van der Waals surface area (Å²) in [6.07, 6.45) is 3.94. The van der Waals surface area contributed by atoms with E-state index in [0.29, 0.717) is 11.7 Å². The largest absolute Gasteiger partial charge is 0.454 e. The molecule has 6 heteroatoms. The Balaban J connectivity index is 1.28. The number of anilines is 2. The van der Waals surface area contributed by atoms with Gasteiger partial charge in [0, 0.05) is 37.1 Å². The number of rotatable bonds is 4. The molecule has 0 amide bonds. The van der Waals surface area contributed by atoms with Crippen LogP contribution in [-0.4, -0.2) is 25.0 Å². The van der Waals surface area contributed by atoms with Crippen molar-refractivity contribution in [1.82, 2.24) is 5.32 Å². The molecule has 2 aliphatic heterocycles. The predicted octanol–water partition coefficient (Wildman–Crippen LogP) is 3.89. The van der Waals surface area contributed by atoms with E-state index in [0.717, 1.165) is 17.2 Å². The van der Waals surface area contributed by atoms with Crippen LogP contribution in [0.3, 0.4) is 0 Å². The lowest BCUT2D eigenvalue weighted by Crippen LogP contribution is -2.29. The standard InChI is InChI=1S/C20H23N3O2S/c26-20(22-16-6-9-18-19(12-16)25-14-24-18)21-13-15-4-7-17(8-5-15)23-10-2-1-3-11-23/h4-9,12H,1-3,10-11,13-14H2,(H2,21,22,26). The van der Waals surface area contributed by atoms with Gasteiger partial charge in [-0.3, -0.25) is 0 Å². The third-order valence-corrected chi connectivity index (χ3v) is 4.99. The zero-order chi connectivity index (χ0) is 17.8. The monoisotopic (exact) mass is 369 g/mol. The number of hydrogen-bond donors (Lipinski definition) is 2. The number of fused-ring (bicyclic) bond motifs is 1. The molecule has 136 valence electrons. The Kier molecular flexibility index (Phi) is 5.11. The molecule has 0 radical (unpaired) electrons. The van der Waals surface area contributed by atoms with Gasteiger partial charge in [-0.25, -0.2) is 0 Å². The van der Waals surface area contributed by atoms with Gasteiger partial charge in [-0.1, -0.05) is 12.1 Å². The molecule has 1 fully saturated rings. The molecule has 26 heavy (non-hydrogen) atoms. The lowest BCUT2D eigenvalue weighted by Gasteiger charge is -2.28. The van der Waals surface area contributed by atoms with Gasteiger partial charge in [0.05, 0.1) is 0 Å². The molecule has 0 atom stereocenters. The molecule has 1 saturated heterocycles. The van der Waals surface area contributed by atoms with E-state index in [2.05, 4.69) is 39.8 Å². The molecular weight excluding hydrogens is 346 g/mol. The number of hydrogen-bond acceptors (Lipinski definition) is 4. The average Bonchev–Trinajstić information content (AvgIpc) is 3.15. The van der Waals surface area contributed by atoms with Crippen molar-refractivity contribution in [2.24, 2.45) is 0 Å². The number of nitrogens with zero attached hydrogens (tertiary/aromatic N) is 1. The highest BCUT2D eigenvalue weighted by atomic mass is 32.1. The molecular formula is C20H23N3O2S. The third-order valence-electron chi connectivity index (χ3n) is 4.74. The molecule has 0 spiro atoms. The second-order valence-electron chi connectivity index (χ2n) is 6.59. The van der Waals surface area contributed by atoms with Crippen LogP contribution >= 0.6 is 12.2 Å². The van der Waals surface area contributed by atoms with Crippen LogP contribution in [0.2, 0.25) is 0 Å². The summed E-state index contributed by atoms with van der Waals surface area (Å²) in [6.45, 7) is 3.30. The Morgan fingerprint density at radius 3 is 2.54 bits per heavy atom. The van der Waals surface area contributed by atoms with Crippen LogP contribution in [0.4, 0.5) is 11.4 Å². The van der Waals surface area contributed by atoms with E-state index in [1.807, 2.05) is 18.2 Å². The zero-order valence-corrected chi connectivity index (χ0v) is 15.5.